The van der Waals surface area contributed by atoms with Crippen LogP contribution in [0.3, 0.4) is 0 Å². The summed E-state index contributed by atoms with van der Waals surface area (Å²) in [4.78, 5) is 26.5. The number of anilines is 1. The number of carboxylic acid groups (broad SMARTS) is 1. The SMILES string of the molecule is O=C(O)CCCOc1ccc(NC(=O)CCc2ccccn2)cc1. The van der Waals surface area contributed by atoms with Crippen molar-refractivity contribution in [3.05, 3.63) is 54.4 Å². The number of nitrogens with zero attached hydrogens (tertiary/aromatic N) is 1. The van der Waals surface area contributed by atoms with Crippen molar-refractivity contribution < 1.29 is 19.4 Å². The summed E-state index contributed by atoms with van der Waals surface area (Å²) in [6.45, 7) is 0.349. The lowest BCUT2D eigenvalue weighted by atomic mass is 10.2. The van der Waals surface area contributed by atoms with Crippen LogP contribution in [0.4, 0.5) is 5.69 Å². The van der Waals surface area contributed by atoms with Crippen molar-refractivity contribution in [2.45, 2.75) is 25.7 Å². The van der Waals surface area contributed by atoms with Crippen molar-refractivity contribution >= 4 is 17.6 Å². The van der Waals surface area contributed by atoms with E-state index in [0.717, 1.165) is 5.69 Å². The van der Waals surface area contributed by atoms with Crippen LogP contribution in [0, 0.1) is 0 Å². The van der Waals surface area contributed by atoms with Crippen LogP contribution in [0.1, 0.15) is 25.0 Å². The highest BCUT2D eigenvalue weighted by Gasteiger charge is 2.04. The van der Waals surface area contributed by atoms with Crippen molar-refractivity contribution in [1.29, 1.82) is 0 Å². The number of carboxylic acids is 1. The van der Waals surface area contributed by atoms with Gasteiger partial charge in [0.15, 0.2) is 0 Å². The molecule has 1 heterocycles. The minimum Gasteiger partial charge on any atom is -0.494 e. The predicted molar refractivity (Wildman–Crippen MR) is 90.0 cm³/mol. The summed E-state index contributed by atoms with van der Waals surface area (Å²) in [5.74, 6) is -0.259. The van der Waals surface area contributed by atoms with E-state index in [0.29, 0.717) is 37.3 Å². The molecule has 1 aromatic carbocycles. The van der Waals surface area contributed by atoms with Crippen LogP contribution in [0.2, 0.25) is 0 Å². The van der Waals surface area contributed by atoms with Gasteiger partial charge in [0, 0.05) is 30.4 Å². The third-order valence-corrected chi connectivity index (χ3v) is 3.28. The fourth-order valence-corrected chi connectivity index (χ4v) is 2.06. The first-order valence-electron chi connectivity index (χ1n) is 7.78. The van der Waals surface area contributed by atoms with E-state index in [1.807, 2.05) is 18.2 Å². The molecule has 1 aromatic heterocycles. The number of ether oxygens (including phenoxy) is 1. The van der Waals surface area contributed by atoms with Crippen molar-refractivity contribution in [3.8, 4) is 5.75 Å². The van der Waals surface area contributed by atoms with Gasteiger partial charge in [-0.1, -0.05) is 6.07 Å². The van der Waals surface area contributed by atoms with E-state index in [2.05, 4.69) is 10.3 Å². The standard InChI is InChI=1S/C18H20N2O4/c21-17(11-8-14-4-1-2-12-19-14)20-15-6-9-16(10-7-15)24-13-3-5-18(22)23/h1-2,4,6-7,9-10,12H,3,5,8,11,13H2,(H,20,21)(H,22,23). The molecule has 0 radical (unpaired) electrons. The van der Waals surface area contributed by atoms with Gasteiger partial charge < -0.3 is 15.2 Å². The molecule has 0 bridgehead atoms. The van der Waals surface area contributed by atoms with Crippen molar-refractivity contribution in [2.24, 2.45) is 0 Å². The first-order chi connectivity index (χ1) is 11.6. The Morgan fingerprint density at radius 2 is 1.88 bits per heavy atom. The van der Waals surface area contributed by atoms with Crippen LogP contribution < -0.4 is 10.1 Å². The minimum atomic E-state index is -0.831. The number of benzene rings is 1. The molecular weight excluding hydrogens is 308 g/mol. The average Bonchev–Trinajstić information content (AvgIpc) is 2.59. The maximum absolute atomic E-state index is 11.9. The molecule has 0 aliphatic carbocycles. The van der Waals surface area contributed by atoms with E-state index >= 15 is 0 Å². The van der Waals surface area contributed by atoms with Crippen molar-refractivity contribution in [3.63, 3.8) is 0 Å². The lowest BCUT2D eigenvalue weighted by Gasteiger charge is -2.08. The number of carbonyl (C=O) groups excluding carboxylic acids is 1. The van der Waals surface area contributed by atoms with E-state index in [9.17, 15) is 9.59 Å². The first-order valence-corrected chi connectivity index (χ1v) is 7.78. The Morgan fingerprint density at radius 1 is 1.08 bits per heavy atom. The predicted octanol–water partition coefficient (Wildman–Crippen LogP) is 2.90. The number of hydrogen-bond acceptors (Lipinski definition) is 4. The molecule has 0 fully saturated rings. The monoisotopic (exact) mass is 328 g/mol. The molecular formula is C18H20N2O4. The van der Waals surface area contributed by atoms with Crippen LogP contribution in [0.15, 0.2) is 48.7 Å². The molecule has 0 unspecified atom stereocenters. The molecule has 2 rings (SSSR count). The van der Waals surface area contributed by atoms with Gasteiger partial charge >= 0.3 is 5.97 Å². The quantitative estimate of drug-likeness (QED) is 0.691. The van der Waals surface area contributed by atoms with Gasteiger partial charge in [-0.05, 0) is 49.2 Å². The van der Waals surface area contributed by atoms with Crippen LogP contribution >= 0.6 is 0 Å². The van der Waals surface area contributed by atoms with E-state index in [-0.39, 0.29) is 12.3 Å². The highest BCUT2D eigenvalue weighted by molar-refractivity contribution is 5.90. The molecule has 6 nitrogen and oxygen atoms in total. The third-order valence-electron chi connectivity index (χ3n) is 3.28. The maximum Gasteiger partial charge on any atom is 0.303 e. The molecule has 0 saturated heterocycles. The number of carbonyl (C=O) groups is 2. The van der Waals surface area contributed by atoms with E-state index < -0.39 is 5.97 Å². The second-order valence-corrected chi connectivity index (χ2v) is 5.24. The van der Waals surface area contributed by atoms with Crippen molar-refractivity contribution in [1.82, 2.24) is 4.98 Å². The minimum absolute atomic E-state index is 0.0734. The number of rotatable bonds is 9. The smallest absolute Gasteiger partial charge is 0.303 e. The Hall–Kier alpha value is -2.89. The highest BCUT2D eigenvalue weighted by Crippen LogP contribution is 2.16. The zero-order valence-electron chi connectivity index (χ0n) is 13.3. The zero-order chi connectivity index (χ0) is 17.2. The number of pyridine rings is 1. The van der Waals surface area contributed by atoms with E-state index in [1.54, 1.807) is 30.5 Å². The molecule has 126 valence electrons. The molecule has 2 aromatic rings. The molecule has 0 spiro atoms. The van der Waals surface area contributed by atoms with Gasteiger partial charge in [0.25, 0.3) is 0 Å². The number of aromatic nitrogens is 1. The molecule has 2 N–H and O–H groups in total. The third kappa shape index (κ3) is 6.48. The second kappa shape index (κ2) is 9.29. The number of amides is 1. The summed E-state index contributed by atoms with van der Waals surface area (Å²) < 4.78 is 5.44. The van der Waals surface area contributed by atoms with Gasteiger partial charge in [-0.15, -0.1) is 0 Å². The largest absolute Gasteiger partial charge is 0.494 e. The number of aliphatic carboxylic acids is 1. The normalized spacial score (nSPS) is 10.2. The van der Waals surface area contributed by atoms with Crippen LogP contribution in [0.5, 0.6) is 5.75 Å². The molecule has 0 aliphatic heterocycles. The molecule has 0 atom stereocenters. The molecule has 1 amide bonds. The zero-order valence-corrected chi connectivity index (χ0v) is 13.3. The van der Waals surface area contributed by atoms with Gasteiger partial charge in [0.2, 0.25) is 5.91 Å². The first kappa shape index (κ1) is 17.5. The molecule has 24 heavy (non-hydrogen) atoms. The summed E-state index contributed by atoms with van der Waals surface area (Å²) >= 11 is 0. The summed E-state index contributed by atoms with van der Waals surface area (Å²) in [6, 6.07) is 12.6. The lowest BCUT2D eigenvalue weighted by molar-refractivity contribution is -0.137. The Balaban J connectivity index is 1.72. The Bertz CT molecular complexity index is 656. The number of hydrogen-bond donors (Lipinski definition) is 2. The molecule has 0 saturated carbocycles. The lowest BCUT2D eigenvalue weighted by Crippen LogP contribution is -2.12. The van der Waals surface area contributed by atoms with Gasteiger partial charge in [-0.25, -0.2) is 0 Å². The Morgan fingerprint density at radius 3 is 2.54 bits per heavy atom. The van der Waals surface area contributed by atoms with Gasteiger partial charge in [-0.3, -0.25) is 14.6 Å². The number of aryl methyl sites for hydroxylation is 1. The van der Waals surface area contributed by atoms with E-state index in [1.165, 1.54) is 0 Å². The Labute approximate surface area is 140 Å². The summed E-state index contributed by atoms with van der Waals surface area (Å²) in [7, 11) is 0. The summed E-state index contributed by atoms with van der Waals surface area (Å²) in [6.07, 6.45) is 3.22. The van der Waals surface area contributed by atoms with Gasteiger partial charge in [0.05, 0.1) is 6.61 Å². The second-order valence-electron chi connectivity index (χ2n) is 5.24. The van der Waals surface area contributed by atoms with Crippen molar-refractivity contribution in [2.75, 3.05) is 11.9 Å². The maximum atomic E-state index is 11.9. The fraction of sp³-hybridized carbons (Fsp3) is 0.278. The van der Waals surface area contributed by atoms with Crippen LogP contribution in [0.25, 0.3) is 0 Å². The van der Waals surface area contributed by atoms with Crippen LogP contribution in [-0.4, -0.2) is 28.6 Å². The van der Waals surface area contributed by atoms with Gasteiger partial charge in [-0.2, -0.15) is 0 Å². The topological polar surface area (TPSA) is 88.5 Å². The molecule has 0 aliphatic rings. The number of nitrogens with one attached hydrogen (secondary N) is 1. The van der Waals surface area contributed by atoms with E-state index in [4.69, 9.17) is 9.84 Å². The Kier molecular flexibility index (Phi) is 6.76. The average molecular weight is 328 g/mol. The summed E-state index contributed by atoms with van der Waals surface area (Å²) in [5.41, 5.74) is 1.58. The van der Waals surface area contributed by atoms with Gasteiger partial charge in [0.1, 0.15) is 5.75 Å². The summed E-state index contributed by atoms with van der Waals surface area (Å²) in [5, 5.41) is 11.4. The highest BCUT2D eigenvalue weighted by atomic mass is 16.5. The van der Waals surface area contributed by atoms with Crippen LogP contribution in [-0.2, 0) is 16.0 Å². The molecule has 6 heteroatoms. The fourth-order valence-electron chi connectivity index (χ4n) is 2.06.